The van der Waals surface area contributed by atoms with E-state index in [1.165, 1.54) is 29.9 Å². The zero-order valence-corrected chi connectivity index (χ0v) is 19.7. The summed E-state index contributed by atoms with van der Waals surface area (Å²) in [7, 11) is 3.09. The summed E-state index contributed by atoms with van der Waals surface area (Å²) in [6, 6.07) is 12.4. The maximum absolute atomic E-state index is 13.2. The molecular weight excluding hydrogens is 473 g/mol. The number of benzene rings is 2. The second-order valence-electron chi connectivity index (χ2n) is 8.06. The number of fused-ring (bicyclic) bond motifs is 1. The summed E-state index contributed by atoms with van der Waals surface area (Å²) in [4.78, 5) is 30.3. The van der Waals surface area contributed by atoms with Crippen LogP contribution in [-0.2, 0) is 13.2 Å². The van der Waals surface area contributed by atoms with Crippen molar-refractivity contribution >= 4 is 28.3 Å². The van der Waals surface area contributed by atoms with Crippen molar-refractivity contribution in [2.45, 2.75) is 13.1 Å². The van der Waals surface area contributed by atoms with Gasteiger partial charge in [-0.15, -0.1) is 0 Å². The molecule has 2 heterocycles. The highest BCUT2D eigenvalue weighted by Crippen LogP contribution is 2.31. The number of hydrogen-bond acceptors (Lipinski definition) is 5. The summed E-state index contributed by atoms with van der Waals surface area (Å²) < 4.78 is 46.0. The van der Waals surface area contributed by atoms with Crippen LogP contribution in [0.15, 0.2) is 65.6 Å². The fourth-order valence-corrected chi connectivity index (χ4v) is 3.83. The van der Waals surface area contributed by atoms with E-state index in [0.717, 1.165) is 17.5 Å². The standard InChI is InChI=1S/C26H23F3N4O3/c1-4-30-23-13-22-17(14-31-23)11-21(25(35)33(22)2)16-9-19(12-20(10-16)36-3)32-24(34)15-6-5-7-18(8-15)26(27,28)29/h5-14H,4H2,1-3H3,(H,30,31)(H,32,34). The Labute approximate surface area is 204 Å². The third-order valence-electron chi connectivity index (χ3n) is 5.63. The van der Waals surface area contributed by atoms with Crippen LogP contribution >= 0.6 is 0 Å². The molecule has 1 amide bonds. The van der Waals surface area contributed by atoms with Crippen LogP contribution < -0.4 is 20.9 Å². The number of carbonyl (C=O) groups is 1. The minimum absolute atomic E-state index is 0.154. The van der Waals surface area contributed by atoms with E-state index in [9.17, 15) is 22.8 Å². The van der Waals surface area contributed by atoms with Crippen molar-refractivity contribution in [3.8, 4) is 16.9 Å². The Kier molecular flexibility index (Phi) is 6.69. The number of nitrogens with zero attached hydrogens (tertiary/aromatic N) is 2. The van der Waals surface area contributed by atoms with Gasteiger partial charge < -0.3 is 19.9 Å². The monoisotopic (exact) mass is 496 g/mol. The first-order chi connectivity index (χ1) is 17.1. The van der Waals surface area contributed by atoms with Gasteiger partial charge in [0.25, 0.3) is 11.5 Å². The first kappa shape index (κ1) is 24.8. The van der Waals surface area contributed by atoms with E-state index in [0.29, 0.717) is 34.8 Å². The molecule has 0 radical (unpaired) electrons. The van der Waals surface area contributed by atoms with Gasteiger partial charge in [0.2, 0.25) is 0 Å². The molecule has 0 aliphatic carbocycles. The van der Waals surface area contributed by atoms with Crippen LogP contribution in [-0.4, -0.2) is 29.1 Å². The third kappa shape index (κ3) is 5.02. The molecule has 0 fully saturated rings. The fourth-order valence-electron chi connectivity index (χ4n) is 3.83. The van der Waals surface area contributed by atoms with E-state index in [4.69, 9.17) is 4.74 Å². The Morgan fingerprint density at radius 3 is 2.58 bits per heavy atom. The molecule has 0 aliphatic heterocycles. The molecule has 2 aromatic carbocycles. The molecule has 2 aromatic heterocycles. The molecule has 0 saturated heterocycles. The molecule has 10 heteroatoms. The first-order valence-corrected chi connectivity index (χ1v) is 11.0. The minimum Gasteiger partial charge on any atom is -0.497 e. The van der Waals surface area contributed by atoms with E-state index >= 15 is 0 Å². The van der Waals surface area contributed by atoms with Gasteiger partial charge in [0.05, 0.1) is 18.2 Å². The zero-order chi connectivity index (χ0) is 26.0. The maximum Gasteiger partial charge on any atom is 0.416 e. The van der Waals surface area contributed by atoms with Crippen molar-refractivity contribution in [3.05, 3.63) is 82.3 Å². The molecule has 0 spiro atoms. The summed E-state index contributed by atoms with van der Waals surface area (Å²) in [5.74, 6) is 0.273. The molecule has 186 valence electrons. The SMILES string of the molecule is CCNc1cc2c(cn1)cc(-c1cc(NC(=O)c3cccc(C(F)(F)F)c3)cc(OC)c1)c(=O)n2C. The molecular formula is C26H23F3N4O3. The van der Waals surface area contributed by atoms with Crippen LogP contribution in [0, 0.1) is 0 Å². The van der Waals surface area contributed by atoms with E-state index < -0.39 is 17.6 Å². The molecule has 0 unspecified atom stereocenters. The Morgan fingerprint density at radius 2 is 1.89 bits per heavy atom. The van der Waals surface area contributed by atoms with Crippen LogP contribution in [0.3, 0.4) is 0 Å². The number of alkyl halides is 3. The number of anilines is 2. The highest BCUT2D eigenvalue weighted by atomic mass is 19.4. The average Bonchev–Trinajstić information content (AvgIpc) is 2.86. The number of aryl methyl sites for hydroxylation is 1. The lowest BCUT2D eigenvalue weighted by atomic mass is 10.0. The number of pyridine rings is 2. The topological polar surface area (TPSA) is 85.2 Å². The van der Waals surface area contributed by atoms with Crippen LogP contribution in [0.4, 0.5) is 24.7 Å². The summed E-state index contributed by atoms with van der Waals surface area (Å²) in [6.45, 7) is 2.63. The predicted molar refractivity (Wildman–Crippen MR) is 133 cm³/mol. The van der Waals surface area contributed by atoms with Gasteiger partial charge in [0.15, 0.2) is 0 Å². The number of methoxy groups -OCH3 is 1. The third-order valence-corrected chi connectivity index (χ3v) is 5.63. The molecule has 4 aromatic rings. The highest BCUT2D eigenvalue weighted by molar-refractivity contribution is 6.04. The van der Waals surface area contributed by atoms with Gasteiger partial charge in [-0.05, 0) is 48.9 Å². The van der Waals surface area contributed by atoms with E-state index in [1.807, 2.05) is 6.92 Å². The summed E-state index contributed by atoms with van der Waals surface area (Å²) in [6.07, 6.45) is -2.91. The quantitative estimate of drug-likeness (QED) is 0.378. The van der Waals surface area contributed by atoms with Crippen molar-refractivity contribution in [2.75, 3.05) is 24.3 Å². The van der Waals surface area contributed by atoms with Crippen LogP contribution in [0.2, 0.25) is 0 Å². The molecule has 0 bridgehead atoms. The molecule has 0 atom stereocenters. The van der Waals surface area contributed by atoms with Gasteiger partial charge in [0, 0.05) is 54.1 Å². The lowest BCUT2D eigenvalue weighted by Crippen LogP contribution is -2.19. The normalized spacial score (nSPS) is 11.4. The molecule has 4 rings (SSSR count). The number of ether oxygens (including phenoxy) is 1. The number of rotatable bonds is 6. The smallest absolute Gasteiger partial charge is 0.416 e. The van der Waals surface area contributed by atoms with E-state index in [1.54, 1.807) is 37.5 Å². The van der Waals surface area contributed by atoms with Gasteiger partial charge in [0.1, 0.15) is 11.6 Å². The second-order valence-corrected chi connectivity index (χ2v) is 8.06. The number of nitrogens with one attached hydrogen (secondary N) is 2. The van der Waals surface area contributed by atoms with Crippen LogP contribution in [0.5, 0.6) is 5.75 Å². The number of aromatic nitrogens is 2. The molecule has 0 saturated carbocycles. The van der Waals surface area contributed by atoms with Crippen molar-refractivity contribution in [2.24, 2.45) is 7.05 Å². The van der Waals surface area contributed by atoms with Gasteiger partial charge in [-0.2, -0.15) is 13.2 Å². The molecule has 7 nitrogen and oxygen atoms in total. The van der Waals surface area contributed by atoms with Gasteiger partial charge in [-0.3, -0.25) is 9.59 Å². The summed E-state index contributed by atoms with van der Waals surface area (Å²) >= 11 is 0. The Morgan fingerprint density at radius 1 is 1.11 bits per heavy atom. The average molecular weight is 496 g/mol. The van der Waals surface area contributed by atoms with Crippen molar-refractivity contribution in [1.82, 2.24) is 9.55 Å². The largest absolute Gasteiger partial charge is 0.497 e. The first-order valence-electron chi connectivity index (χ1n) is 11.0. The molecule has 0 aliphatic rings. The van der Waals surface area contributed by atoms with Crippen molar-refractivity contribution in [3.63, 3.8) is 0 Å². The van der Waals surface area contributed by atoms with Crippen LogP contribution in [0.1, 0.15) is 22.8 Å². The minimum atomic E-state index is -4.57. The second kappa shape index (κ2) is 9.73. The van der Waals surface area contributed by atoms with Gasteiger partial charge in [-0.25, -0.2) is 4.98 Å². The van der Waals surface area contributed by atoms with E-state index in [2.05, 4.69) is 15.6 Å². The lowest BCUT2D eigenvalue weighted by Gasteiger charge is -2.14. The number of carbonyl (C=O) groups excluding carboxylic acids is 1. The molecule has 36 heavy (non-hydrogen) atoms. The summed E-state index contributed by atoms with van der Waals surface area (Å²) in [5, 5.41) is 6.44. The predicted octanol–water partition coefficient (Wildman–Crippen LogP) is 5.31. The zero-order valence-electron chi connectivity index (χ0n) is 19.7. The Hall–Kier alpha value is -4.34. The van der Waals surface area contributed by atoms with Crippen LogP contribution in [0.25, 0.3) is 22.0 Å². The van der Waals surface area contributed by atoms with Gasteiger partial charge in [-0.1, -0.05) is 6.07 Å². The number of halogens is 3. The van der Waals surface area contributed by atoms with Crippen molar-refractivity contribution in [1.29, 1.82) is 0 Å². The number of amides is 1. The Bertz CT molecular complexity index is 1510. The summed E-state index contributed by atoms with van der Waals surface area (Å²) in [5.41, 5.74) is 0.401. The molecule has 2 N–H and O–H groups in total. The highest BCUT2D eigenvalue weighted by Gasteiger charge is 2.31. The maximum atomic E-state index is 13.2. The Balaban J connectivity index is 1.74. The van der Waals surface area contributed by atoms with Gasteiger partial charge >= 0.3 is 6.18 Å². The lowest BCUT2D eigenvalue weighted by molar-refractivity contribution is -0.137. The number of hydrogen-bond donors (Lipinski definition) is 2. The fraction of sp³-hybridized carbons (Fsp3) is 0.192. The van der Waals surface area contributed by atoms with E-state index in [-0.39, 0.29) is 16.8 Å². The van der Waals surface area contributed by atoms with Crippen molar-refractivity contribution < 1.29 is 22.7 Å².